The Morgan fingerprint density at radius 3 is 2.37 bits per heavy atom. The largest absolute Gasteiger partial charge is 0.388 e. The number of aromatic nitrogens is 7. The minimum absolute atomic E-state index is 0.354. The Bertz CT molecular complexity index is 1690. The van der Waals surface area contributed by atoms with E-state index in [1.165, 1.54) is 12.1 Å². The highest BCUT2D eigenvalue weighted by atomic mass is 19.1. The monoisotopic (exact) mass is 555 g/mol. The summed E-state index contributed by atoms with van der Waals surface area (Å²) >= 11 is 0. The summed E-state index contributed by atoms with van der Waals surface area (Å²) in [5.74, 6) is 1.10. The number of anilines is 2. The van der Waals surface area contributed by atoms with E-state index >= 15 is 0 Å². The first-order chi connectivity index (χ1) is 19.8. The van der Waals surface area contributed by atoms with Gasteiger partial charge >= 0.3 is 0 Å². The van der Waals surface area contributed by atoms with Gasteiger partial charge in [-0.1, -0.05) is 12.1 Å². The van der Waals surface area contributed by atoms with Gasteiger partial charge in [-0.25, -0.2) is 24.3 Å². The molecule has 1 atom stereocenters. The zero-order valence-corrected chi connectivity index (χ0v) is 22.6. The topological polar surface area (TPSA) is 132 Å². The molecule has 41 heavy (non-hydrogen) atoms. The van der Waals surface area contributed by atoms with Crippen LogP contribution in [-0.4, -0.2) is 76.7 Å². The molecular formula is C29H30FN9O2. The first-order valence-electron chi connectivity index (χ1n) is 13.7. The molecule has 0 amide bonds. The van der Waals surface area contributed by atoms with E-state index in [2.05, 4.69) is 45.9 Å². The molecule has 2 aliphatic rings. The highest BCUT2D eigenvalue weighted by Gasteiger charge is 2.41. The molecular weight excluding hydrogens is 525 g/mol. The van der Waals surface area contributed by atoms with E-state index in [0.717, 1.165) is 54.0 Å². The van der Waals surface area contributed by atoms with Crippen molar-refractivity contribution in [1.82, 2.24) is 34.7 Å². The molecule has 0 spiro atoms. The van der Waals surface area contributed by atoms with Crippen molar-refractivity contribution in [2.45, 2.75) is 37.5 Å². The fraction of sp³-hybridized carbons (Fsp3) is 0.345. The fourth-order valence-electron chi connectivity index (χ4n) is 5.32. The molecule has 11 nitrogen and oxygen atoms in total. The third kappa shape index (κ3) is 4.89. The molecule has 2 fully saturated rings. The number of fused-ring (bicyclic) bond motifs is 1. The van der Waals surface area contributed by atoms with Crippen LogP contribution >= 0.6 is 0 Å². The molecule has 1 aliphatic carbocycles. The smallest absolute Gasteiger partial charge is 0.225 e. The lowest BCUT2D eigenvalue weighted by Gasteiger charge is -2.35. The predicted octanol–water partition coefficient (Wildman–Crippen LogP) is 2.86. The van der Waals surface area contributed by atoms with Crippen LogP contribution in [0, 0.1) is 5.82 Å². The van der Waals surface area contributed by atoms with E-state index in [9.17, 15) is 14.6 Å². The summed E-state index contributed by atoms with van der Waals surface area (Å²) in [4.78, 5) is 25.8. The Labute approximate surface area is 235 Å². The average Bonchev–Trinajstić information content (AvgIpc) is 3.34. The summed E-state index contributed by atoms with van der Waals surface area (Å²) in [6.07, 6.45) is 10.2. The number of nitrogens with zero attached hydrogens (tertiary/aromatic N) is 8. The quantitative estimate of drug-likeness (QED) is 0.277. The van der Waals surface area contributed by atoms with E-state index in [1.54, 1.807) is 48.7 Å². The molecule has 5 heterocycles. The molecule has 3 N–H and O–H groups in total. The Morgan fingerprint density at radius 2 is 1.66 bits per heavy atom. The summed E-state index contributed by atoms with van der Waals surface area (Å²) in [6.45, 7) is 5.00. The molecule has 1 saturated carbocycles. The van der Waals surface area contributed by atoms with E-state index < -0.39 is 11.2 Å². The van der Waals surface area contributed by atoms with Crippen molar-refractivity contribution in [2.75, 3.05) is 36.0 Å². The SMILES string of the molecule is C[C@](O)(c1ccc(F)cc1)c1cnc(N2CCN(c3ncnc4[nH]c(-c5cnn(CC6(O)CC6)c5)cc34)CC2)nc1. The van der Waals surface area contributed by atoms with Crippen LogP contribution in [-0.2, 0) is 12.1 Å². The number of halogens is 1. The highest BCUT2D eigenvalue weighted by molar-refractivity contribution is 5.91. The van der Waals surface area contributed by atoms with Gasteiger partial charge in [-0.15, -0.1) is 0 Å². The molecule has 0 unspecified atom stereocenters. The molecule has 7 rings (SSSR count). The van der Waals surface area contributed by atoms with E-state index in [0.29, 0.717) is 36.7 Å². The van der Waals surface area contributed by atoms with E-state index in [4.69, 9.17) is 0 Å². The van der Waals surface area contributed by atoms with Crippen LogP contribution in [0.3, 0.4) is 0 Å². The van der Waals surface area contributed by atoms with Gasteiger partial charge in [0.2, 0.25) is 5.95 Å². The van der Waals surface area contributed by atoms with Gasteiger partial charge in [-0.2, -0.15) is 5.10 Å². The summed E-state index contributed by atoms with van der Waals surface area (Å²) in [6, 6.07) is 7.83. The molecule has 5 aromatic rings. The number of piperazine rings is 1. The van der Waals surface area contributed by atoms with Crippen molar-refractivity contribution in [1.29, 1.82) is 0 Å². The lowest BCUT2D eigenvalue weighted by Crippen LogP contribution is -2.47. The highest BCUT2D eigenvalue weighted by Crippen LogP contribution is 2.37. The van der Waals surface area contributed by atoms with Gasteiger partial charge in [-0.05, 0) is 43.5 Å². The second kappa shape index (κ2) is 9.60. The van der Waals surface area contributed by atoms with Crippen LogP contribution in [0.2, 0.25) is 0 Å². The first-order valence-corrected chi connectivity index (χ1v) is 13.7. The number of nitrogens with one attached hydrogen (secondary N) is 1. The van der Waals surface area contributed by atoms with Gasteiger partial charge < -0.3 is 25.0 Å². The lowest BCUT2D eigenvalue weighted by molar-refractivity contribution is 0.101. The van der Waals surface area contributed by atoms with Crippen molar-refractivity contribution < 1.29 is 14.6 Å². The summed E-state index contributed by atoms with van der Waals surface area (Å²) in [7, 11) is 0. The summed E-state index contributed by atoms with van der Waals surface area (Å²) < 4.78 is 15.1. The molecule has 210 valence electrons. The Kier molecular flexibility index (Phi) is 5.98. The maximum absolute atomic E-state index is 13.3. The number of rotatable bonds is 7. The third-order valence-corrected chi connectivity index (χ3v) is 8.10. The first kappa shape index (κ1) is 25.5. The van der Waals surface area contributed by atoms with Gasteiger partial charge in [0.05, 0.1) is 29.4 Å². The van der Waals surface area contributed by atoms with Gasteiger partial charge in [-0.3, -0.25) is 4.68 Å². The fourth-order valence-corrected chi connectivity index (χ4v) is 5.32. The van der Waals surface area contributed by atoms with Crippen LogP contribution in [0.4, 0.5) is 16.2 Å². The maximum atomic E-state index is 13.3. The molecule has 0 bridgehead atoms. The second-order valence-electron chi connectivity index (χ2n) is 11.1. The van der Waals surface area contributed by atoms with Crippen molar-refractivity contribution in [3.05, 3.63) is 78.4 Å². The Morgan fingerprint density at radius 1 is 0.951 bits per heavy atom. The van der Waals surface area contributed by atoms with E-state index in [1.807, 2.05) is 6.20 Å². The molecule has 1 saturated heterocycles. The number of benzene rings is 1. The van der Waals surface area contributed by atoms with Gasteiger partial charge in [0, 0.05) is 55.9 Å². The predicted molar refractivity (Wildman–Crippen MR) is 151 cm³/mol. The van der Waals surface area contributed by atoms with Gasteiger partial charge in [0.1, 0.15) is 29.2 Å². The minimum atomic E-state index is -1.34. The van der Waals surface area contributed by atoms with Gasteiger partial charge in [0.25, 0.3) is 0 Å². The number of aliphatic hydroxyl groups is 2. The molecule has 12 heteroatoms. The Balaban J connectivity index is 1.04. The zero-order valence-electron chi connectivity index (χ0n) is 22.6. The van der Waals surface area contributed by atoms with Crippen LogP contribution < -0.4 is 9.80 Å². The number of H-pyrrole nitrogens is 1. The Hall–Kier alpha value is -4.42. The number of hydrogen-bond donors (Lipinski definition) is 3. The second-order valence-corrected chi connectivity index (χ2v) is 11.1. The number of hydrogen-bond acceptors (Lipinski definition) is 9. The van der Waals surface area contributed by atoms with Gasteiger partial charge in [0.15, 0.2) is 0 Å². The van der Waals surface area contributed by atoms with Crippen molar-refractivity contribution >= 4 is 22.8 Å². The number of aromatic amines is 1. The zero-order chi connectivity index (χ0) is 28.2. The van der Waals surface area contributed by atoms with Crippen molar-refractivity contribution in [3.8, 4) is 11.3 Å². The molecule has 1 aromatic carbocycles. The summed E-state index contributed by atoms with van der Waals surface area (Å²) in [5.41, 5.74) is 1.75. The van der Waals surface area contributed by atoms with Crippen LogP contribution in [0.1, 0.15) is 30.9 Å². The van der Waals surface area contributed by atoms with Crippen LogP contribution in [0.5, 0.6) is 0 Å². The maximum Gasteiger partial charge on any atom is 0.225 e. The molecule has 0 radical (unpaired) electrons. The van der Waals surface area contributed by atoms with E-state index in [-0.39, 0.29) is 5.82 Å². The average molecular weight is 556 g/mol. The lowest BCUT2D eigenvalue weighted by atomic mass is 9.90. The van der Waals surface area contributed by atoms with Crippen molar-refractivity contribution in [3.63, 3.8) is 0 Å². The standard InChI is InChI=1S/C29H30FN9O2/c1-28(40,20-2-4-22(30)5-3-20)21-14-31-27(32-15-21)38-10-8-37(9-11-38)26-23-12-24(36-25(23)33-18-34-26)19-13-35-39(16-19)17-29(41)6-7-29/h2-5,12-16,18,40-41H,6-11,17H2,1H3,(H,33,34,36)/t28-/m0/s1. The van der Waals surface area contributed by atoms with Crippen molar-refractivity contribution in [2.24, 2.45) is 0 Å². The minimum Gasteiger partial charge on any atom is -0.388 e. The normalized spacial score (nSPS) is 18.0. The van der Waals surface area contributed by atoms with Crippen LogP contribution in [0.15, 0.2) is 61.4 Å². The molecule has 1 aliphatic heterocycles. The third-order valence-electron chi connectivity index (χ3n) is 8.10. The van der Waals surface area contributed by atoms with Crippen LogP contribution in [0.25, 0.3) is 22.3 Å². The summed E-state index contributed by atoms with van der Waals surface area (Å²) in [5, 5.41) is 26.6. The molecule has 4 aromatic heterocycles.